The average molecular weight is 600 g/mol. The van der Waals surface area contributed by atoms with Gasteiger partial charge in [0.05, 0.1) is 30.4 Å². The predicted molar refractivity (Wildman–Crippen MR) is 152 cm³/mol. The summed E-state index contributed by atoms with van der Waals surface area (Å²) >= 11 is 0. The molecule has 1 saturated heterocycles. The summed E-state index contributed by atoms with van der Waals surface area (Å²) in [6.07, 6.45) is -0.210. The SMILES string of the molecule is CC(C)(C)[Si](C)(C)OC[C@H]1O[C@@H](n2cnc3c(=O)[nH]cnc32)[C@H](O[Si](C)(C)C(C)(C)C)C12OS(=O)(=O)C=C2N. The molecule has 15 heteroatoms. The van der Waals surface area contributed by atoms with Gasteiger partial charge in [-0.25, -0.2) is 14.2 Å². The van der Waals surface area contributed by atoms with E-state index in [2.05, 4.69) is 82.7 Å². The van der Waals surface area contributed by atoms with E-state index in [9.17, 15) is 13.2 Å². The van der Waals surface area contributed by atoms with Crippen molar-refractivity contribution in [1.82, 2.24) is 19.5 Å². The Bertz CT molecular complexity index is 1460. The number of rotatable bonds is 6. The molecule has 1 unspecified atom stereocenters. The molecular formula is C24H41N5O7SSi2. The first-order valence-corrected chi connectivity index (χ1v) is 20.2. The Morgan fingerprint density at radius 3 is 2.26 bits per heavy atom. The van der Waals surface area contributed by atoms with Crippen LogP contribution >= 0.6 is 0 Å². The lowest BCUT2D eigenvalue weighted by molar-refractivity contribution is -0.0535. The summed E-state index contributed by atoms with van der Waals surface area (Å²) in [5.41, 5.74) is 4.76. The van der Waals surface area contributed by atoms with Crippen molar-refractivity contribution in [2.45, 2.75) is 102 Å². The Balaban J connectivity index is 1.90. The minimum absolute atomic E-state index is 0.0206. The number of aromatic amines is 1. The van der Waals surface area contributed by atoms with Crippen LogP contribution in [0.25, 0.3) is 11.2 Å². The summed E-state index contributed by atoms with van der Waals surface area (Å²) in [5, 5.41) is 0.580. The summed E-state index contributed by atoms with van der Waals surface area (Å²) < 4.78 is 53.2. The zero-order valence-electron chi connectivity index (χ0n) is 24.4. The van der Waals surface area contributed by atoms with Crippen LogP contribution in [0.5, 0.6) is 0 Å². The normalized spacial score (nSPS) is 27.9. The molecule has 3 N–H and O–H groups in total. The summed E-state index contributed by atoms with van der Waals surface area (Å²) in [5.74, 6) is 0. The fraction of sp³-hybridized carbons (Fsp3) is 0.708. The van der Waals surface area contributed by atoms with E-state index in [4.69, 9.17) is 23.5 Å². The molecule has 2 aromatic heterocycles. The van der Waals surface area contributed by atoms with E-state index in [0.29, 0.717) is 0 Å². The van der Waals surface area contributed by atoms with Gasteiger partial charge >= 0.3 is 0 Å². The van der Waals surface area contributed by atoms with Gasteiger partial charge in [0, 0.05) is 0 Å². The Kier molecular flexibility index (Phi) is 7.19. The number of hydrogen-bond acceptors (Lipinski definition) is 10. The van der Waals surface area contributed by atoms with Crippen molar-refractivity contribution in [3.63, 3.8) is 0 Å². The van der Waals surface area contributed by atoms with E-state index in [1.165, 1.54) is 12.7 Å². The minimum Gasteiger partial charge on any atom is -0.414 e. The maximum Gasteiger partial charge on any atom is 0.292 e. The van der Waals surface area contributed by atoms with Crippen LogP contribution in [-0.2, 0) is 27.9 Å². The number of hydrogen-bond donors (Lipinski definition) is 2. The van der Waals surface area contributed by atoms with Crippen molar-refractivity contribution in [2.24, 2.45) is 5.73 Å². The molecule has 0 amide bonds. The molecule has 39 heavy (non-hydrogen) atoms. The molecule has 2 aromatic rings. The van der Waals surface area contributed by atoms with Gasteiger partial charge in [0.25, 0.3) is 15.7 Å². The molecule has 1 spiro atoms. The molecule has 1 fully saturated rings. The highest BCUT2D eigenvalue weighted by Gasteiger charge is 2.67. The molecule has 4 atom stereocenters. The maximum absolute atomic E-state index is 12.9. The molecule has 0 bridgehead atoms. The smallest absolute Gasteiger partial charge is 0.292 e. The summed E-state index contributed by atoms with van der Waals surface area (Å²) in [6.45, 7) is 20.9. The minimum atomic E-state index is -4.14. The first-order chi connectivity index (χ1) is 17.6. The van der Waals surface area contributed by atoms with E-state index >= 15 is 0 Å². The lowest BCUT2D eigenvalue weighted by Crippen LogP contribution is -2.59. The van der Waals surface area contributed by atoms with Gasteiger partial charge in [-0.3, -0.25) is 9.36 Å². The van der Waals surface area contributed by atoms with Gasteiger partial charge in [0.2, 0.25) is 0 Å². The highest BCUT2D eigenvalue weighted by atomic mass is 32.2. The second-order valence-electron chi connectivity index (χ2n) is 13.4. The lowest BCUT2D eigenvalue weighted by Gasteiger charge is -2.43. The van der Waals surface area contributed by atoms with Crippen molar-refractivity contribution in [1.29, 1.82) is 0 Å². The van der Waals surface area contributed by atoms with Crippen LogP contribution in [0.3, 0.4) is 0 Å². The van der Waals surface area contributed by atoms with Crippen LogP contribution in [0.1, 0.15) is 47.8 Å². The molecule has 4 rings (SSSR count). The van der Waals surface area contributed by atoms with Crippen LogP contribution in [-0.4, -0.2) is 69.0 Å². The van der Waals surface area contributed by atoms with Crippen molar-refractivity contribution < 1.29 is 26.2 Å². The first kappa shape index (κ1) is 30.1. The van der Waals surface area contributed by atoms with E-state index in [0.717, 1.165) is 5.41 Å². The Morgan fingerprint density at radius 2 is 1.72 bits per heavy atom. The van der Waals surface area contributed by atoms with Gasteiger partial charge in [-0.1, -0.05) is 41.5 Å². The number of nitrogens with zero attached hydrogens (tertiary/aromatic N) is 3. The van der Waals surface area contributed by atoms with Crippen molar-refractivity contribution in [3.8, 4) is 0 Å². The van der Waals surface area contributed by atoms with Gasteiger partial charge in [0.1, 0.15) is 12.2 Å². The lowest BCUT2D eigenvalue weighted by atomic mass is 9.89. The summed E-state index contributed by atoms with van der Waals surface area (Å²) in [7, 11) is -9.01. The third-order valence-electron chi connectivity index (χ3n) is 8.71. The van der Waals surface area contributed by atoms with Crippen molar-refractivity contribution in [2.75, 3.05) is 6.61 Å². The largest absolute Gasteiger partial charge is 0.414 e. The van der Waals surface area contributed by atoms with Crippen LogP contribution < -0.4 is 11.3 Å². The van der Waals surface area contributed by atoms with Gasteiger partial charge in [-0.05, 0) is 36.3 Å². The zero-order valence-corrected chi connectivity index (χ0v) is 27.2. The molecule has 0 saturated carbocycles. The highest BCUT2D eigenvalue weighted by Crippen LogP contribution is 2.52. The van der Waals surface area contributed by atoms with Gasteiger partial charge in [-0.15, -0.1) is 0 Å². The monoisotopic (exact) mass is 599 g/mol. The molecule has 4 heterocycles. The molecule has 0 aliphatic carbocycles. The number of ether oxygens (including phenoxy) is 1. The van der Waals surface area contributed by atoms with Crippen molar-refractivity contribution >= 4 is 37.9 Å². The summed E-state index contributed by atoms with van der Waals surface area (Å²) in [4.78, 5) is 23.5. The van der Waals surface area contributed by atoms with E-state index in [1.807, 2.05) is 0 Å². The number of imidazole rings is 1. The number of aromatic nitrogens is 4. The topological polar surface area (TPSA) is 161 Å². The standard InChI is InChI=1S/C24H41N5O7SSi2/c1-22(2,3)38(7,8)33-11-16-24(15(25)12-37(31,32)36-24)18(35-39(9,10)23(4,5)6)21(34-16)29-14-28-17-19(29)26-13-27-20(17)30/h12-14,16,18,21H,11,25H2,1-10H3,(H,26,27,30)/t16-,18+,21-,24?/m1/s1. The van der Waals surface area contributed by atoms with E-state index in [-0.39, 0.29) is 33.5 Å². The Morgan fingerprint density at radius 1 is 1.10 bits per heavy atom. The second kappa shape index (κ2) is 9.32. The number of fused-ring (bicyclic) bond motifs is 1. The Labute approximate surface area is 231 Å². The second-order valence-corrected chi connectivity index (χ2v) is 24.3. The molecule has 2 aliphatic heterocycles. The molecular weight excluding hydrogens is 559 g/mol. The Hall–Kier alpha value is -1.89. The fourth-order valence-corrected chi connectivity index (χ4v) is 7.77. The van der Waals surface area contributed by atoms with Gasteiger partial charge < -0.3 is 24.3 Å². The van der Waals surface area contributed by atoms with Gasteiger partial charge in [-0.2, -0.15) is 8.42 Å². The van der Waals surface area contributed by atoms with E-state index < -0.39 is 56.3 Å². The zero-order chi connectivity index (χ0) is 29.4. The van der Waals surface area contributed by atoms with Gasteiger partial charge in [0.15, 0.2) is 39.6 Å². The molecule has 0 aromatic carbocycles. The fourth-order valence-electron chi connectivity index (χ4n) is 4.26. The number of nitrogens with one attached hydrogen (secondary N) is 1. The molecule has 218 valence electrons. The third-order valence-corrected chi connectivity index (χ3v) is 18.7. The number of nitrogens with two attached hydrogens (primary N) is 1. The molecule has 0 radical (unpaired) electrons. The molecule has 2 aliphatic rings. The number of H-pyrrole nitrogens is 1. The van der Waals surface area contributed by atoms with Crippen molar-refractivity contribution in [3.05, 3.63) is 34.1 Å². The van der Waals surface area contributed by atoms with Crippen LogP contribution in [0, 0.1) is 0 Å². The highest BCUT2D eigenvalue weighted by molar-refractivity contribution is 7.90. The van der Waals surface area contributed by atoms with Crippen LogP contribution in [0.4, 0.5) is 0 Å². The first-order valence-electron chi connectivity index (χ1n) is 12.9. The summed E-state index contributed by atoms with van der Waals surface area (Å²) in [6, 6.07) is 0. The van der Waals surface area contributed by atoms with E-state index in [1.54, 1.807) is 4.57 Å². The molecule has 12 nitrogen and oxygen atoms in total. The third kappa shape index (κ3) is 5.06. The van der Waals surface area contributed by atoms with Crippen LogP contribution in [0.2, 0.25) is 36.3 Å². The average Bonchev–Trinajstić information content (AvgIpc) is 3.38. The quantitative estimate of drug-likeness (QED) is 0.372. The van der Waals surface area contributed by atoms with Crippen LogP contribution in [0.15, 0.2) is 28.6 Å². The predicted octanol–water partition coefficient (Wildman–Crippen LogP) is 3.33. The maximum atomic E-state index is 12.9.